The molecule has 0 unspecified atom stereocenters. The number of aromatic nitrogens is 3. The van der Waals surface area contributed by atoms with Gasteiger partial charge in [-0.1, -0.05) is 29.8 Å². The van der Waals surface area contributed by atoms with Gasteiger partial charge in [-0.3, -0.25) is 4.79 Å². The van der Waals surface area contributed by atoms with Crippen LogP contribution in [-0.2, 0) is 22.4 Å². The first-order valence-electron chi connectivity index (χ1n) is 13.1. The SMILES string of the molecule is COCCn1c(Cc2ccc(-c3cccc(OCC(=O)c4ccc(Cl)cc4)n3)cc2F)nc2ccc(C(=O)OC)cc21. The number of imidazole rings is 1. The third-order valence-corrected chi connectivity index (χ3v) is 6.96. The number of Topliss-reactive ketones (excluding diaryl/α,β-unsaturated/α-hetero) is 1. The topological polar surface area (TPSA) is 92.5 Å². The molecule has 0 N–H and O–H groups in total. The number of methoxy groups -OCH3 is 2. The van der Waals surface area contributed by atoms with Gasteiger partial charge < -0.3 is 18.8 Å². The zero-order valence-electron chi connectivity index (χ0n) is 23.0. The minimum Gasteiger partial charge on any atom is -0.469 e. The molecule has 3 aromatic carbocycles. The van der Waals surface area contributed by atoms with Crippen molar-refractivity contribution in [1.82, 2.24) is 14.5 Å². The lowest BCUT2D eigenvalue weighted by atomic mass is 10.1. The Morgan fingerprint density at radius 2 is 1.71 bits per heavy atom. The molecule has 42 heavy (non-hydrogen) atoms. The molecular formula is C32H27ClFN3O5. The van der Waals surface area contributed by atoms with Gasteiger partial charge in [-0.2, -0.15) is 0 Å². The minimum atomic E-state index is -0.448. The Hall–Kier alpha value is -4.60. The average Bonchev–Trinajstić information content (AvgIpc) is 3.35. The fourth-order valence-electron chi connectivity index (χ4n) is 4.52. The molecule has 2 aromatic heterocycles. The predicted molar refractivity (Wildman–Crippen MR) is 157 cm³/mol. The number of rotatable bonds is 11. The number of pyridine rings is 1. The van der Waals surface area contributed by atoms with E-state index in [0.717, 1.165) is 5.52 Å². The number of nitrogens with zero attached hydrogens (tertiary/aromatic N) is 3. The van der Waals surface area contributed by atoms with Crippen LogP contribution in [0.25, 0.3) is 22.3 Å². The summed E-state index contributed by atoms with van der Waals surface area (Å²) in [6.45, 7) is 0.693. The summed E-state index contributed by atoms with van der Waals surface area (Å²) >= 11 is 5.89. The van der Waals surface area contributed by atoms with E-state index in [-0.39, 0.29) is 24.7 Å². The molecule has 0 fully saturated rings. The average molecular weight is 588 g/mol. The van der Waals surface area contributed by atoms with Gasteiger partial charge in [0.1, 0.15) is 11.6 Å². The molecule has 0 aliphatic rings. The summed E-state index contributed by atoms with van der Waals surface area (Å²) in [5.74, 6) is -0.200. The number of ether oxygens (including phenoxy) is 3. The Morgan fingerprint density at radius 3 is 2.45 bits per heavy atom. The van der Waals surface area contributed by atoms with Gasteiger partial charge in [0.05, 0.1) is 36.0 Å². The van der Waals surface area contributed by atoms with Gasteiger partial charge in [-0.15, -0.1) is 0 Å². The van der Waals surface area contributed by atoms with E-state index in [2.05, 4.69) is 4.98 Å². The molecule has 0 amide bonds. The van der Waals surface area contributed by atoms with E-state index in [1.165, 1.54) is 13.2 Å². The molecule has 2 heterocycles. The highest BCUT2D eigenvalue weighted by atomic mass is 35.5. The van der Waals surface area contributed by atoms with Crippen LogP contribution >= 0.6 is 11.6 Å². The fraction of sp³-hybridized carbons (Fsp3) is 0.188. The highest BCUT2D eigenvalue weighted by Gasteiger charge is 2.17. The number of benzene rings is 3. The van der Waals surface area contributed by atoms with E-state index < -0.39 is 11.8 Å². The Kier molecular flexibility index (Phi) is 8.90. The van der Waals surface area contributed by atoms with Crippen LogP contribution < -0.4 is 4.74 Å². The fourth-order valence-corrected chi connectivity index (χ4v) is 4.65. The van der Waals surface area contributed by atoms with E-state index in [9.17, 15) is 9.59 Å². The first kappa shape index (κ1) is 28.9. The molecule has 0 aliphatic carbocycles. The molecule has 0 saturated carbocycles. The van der Waals surface area contributed by atoms with Crippen LogP contribution in [0.3, 0.4) is 0 Å². The molecule has 214 valence electrons. The van der Waals surface area contributed by atoms with Crippen molar-refractivity contribution in [3.05, 3.63) is 112 Å². The zero-order chi connectivity index (χ0) is 29.6. The normalized spacial score (nSPS) is 11.0. The molecule has 5 aromatic rings. The maximum atomic E-state index is 15.4. The summed E-state index contributed by atoms with van der Waals surface area (Å²) in [5, 5.41) is 0.541. The second-order valence-electron chi connectivity index (χ2n) is 9.43. The highest BCUT2D eigenvalue weighted by Crippen LogP contribution is 2.26. The minimum absolute atomic E-state index is 0.198. The van der Waals surface area contributed by atoms with Gasteiger partial charge in [0.2, 0.25) is 5.88 Å². The number of carbonyl (C=O) groups is 2. The van der Waals surface area contributed by atoms with Gasteiger partial charge >= 0.3 is 5.97 Å². The predicted octanol–water partition coefficient (Wildman–Crippen LogP) is 6.18. The lowest BCUT2D eigenvalue weighted by Gasteiger charge is -2.11. The van der Waals surface area contributed by atoms with E-state index in [4.69, 9.17) is 30.8 Å². The van der Waals surface area contributed by atoms with Gasteiger partial charge in [-0.25, -0.2) is 19.2 Å². The molecule has 8 nitrogen and oxygen atoms in total. The van der Waals surface area contributed by atoms with Gasteiger partial charge in [0.25, 0.3) is 0 Å². The molecular weight excluding hydrogens is 561 g/mol. The van der Waals surface area contributed by atoms with Crippen molar-refractivity contribution in [2.45, 2.75) is 13.0 Å². The number of halogens is 2. The number of hydrogen-bond acceptors (Lipinski definition) is 7. The summed E-state index contributed by atoms with van der Waals surface area (Å²) < 4.78 is 33.1. The number of esters is 1. The van der Waals surface area contributed by atoms with Crippen molar-refractivity contribution >= 4 is 34.4 Å². The summed E-state index contributed by atoms with van der Waals surface area (Å²) in [7, 11) is 2.93. The number of fused-ring (bicyclic) bond motifs is 1. The number of carbonyl (C=O) groups excluding carboxylic acids is 2. The van der Waals surface area contributed by atoms with Crippen LogP contribution in [0.5, 0.6) is 5.88 Å². The van der Waals surface area contributed by atoms with Gasteiger partial charge in [0, 0.05) is 42.3 Å². The second-order valence-corrected chi connectivity index (χ2v) is 9.87. The Labute approximate surface area is 246 Å². The van der Waals surface area contributed by atoms with Crippen LogP contribution in [0.1, 0.15) is 32.1 Å². The Bertz CT molecular complexity index is 1750. The molecule has 0 saturated heterocycles. The van der Waals surface area contributed by atoms with E-state index >= 15 is 4.39 Å². The Balaban J connectivity index is 1.35. The molecule has 0 radical (unpaired) electrons. The van der Waals surface area contributed by atoms with Crippen LogP contribution in [0.4, 0.5) is 4.39 Å². The molecule has 5 rings (SSSR count). The quantitative estimate of drug-likeness (QED) is 0.135. The van der Waals surface area contributed by atoms with Gasteiger partial charge in [-0.05, 0) is 60.2 Å². The van der Waals surface area contributed by atoms with Crippen LogP contribution in [0.15, 0.2) is 78.9 Å². The van der Waals surface area contributed by atoms with E-state index in [1.54, 1.807) is 79.9 Å². The highest BCUT2D eigenvalue weighted by molar-refractivity contribution is 6.30. The molecule has 10 heteroatoms. The van der Waals surface area contributed by atoms with Gasteiger partial charge in [0.15, 0.2) is 12.4 Å². The van der Waals surface area contributed by atoms with Crippen molar-refractivity contribution in [3.63, 3.8) is 0 Å². The van der Waals surface area contributed by atoms with Crippen LogP contribution in [0.2, 0.25) is 5.02 Å². The summed E-state index contributed by atoms with van der Waals surface area (Å²) in [6, 6.07) is 21.7. The van der Waals surface area contributed by atoms with Crippen molar-refractivity contribution < 1.29 is 28.2 Å². The second kappa shape index (κ2) is 12.9. The molecule has 0 spiro atoms. The zero-order valence-corrected chi connectivity index (χ0v) is 23.7. The van der Waals surface area contributed by atoms with Crippen molar-refractivity contribution in [3.8, 4) is 17.1 Å². The van der Waals surface area contributed by atoms with Crippen molar-refractivity contribution in [1.29, 1.82) is 0 Å². The largest absolute Gasteiger partial charge is 0.469 e. The molecule has 0 atom stereocenters. The Morgan fingerprint density at radius 1 is 0.929 bits per heavy atom. The standard InChI is InChI=1S/C32H27ClFN3O5/c1-40-15-14-37-28-17-23(32(39)41-2)10-13-27(28)35-30(37)18-21-6-7-22(16-25(21)34)26-4-3-5-31(36-26)42-19-29(38)20-8-11-24(33)12-9-20/h3-13,16-17H,14-15,18-19H2,1-2H3. The first-order valence-corrected chi connectivity index (χ1v) is 13.5. The maximum absolute atomic E-state index is 15.4. The summed E-state index contributed by atoms with van der Waals surface area (Å²) in [6.07, 6.45) is 0.224. The summed E-state index contributed by atoms with van der Waals surface area (Å²) in [4.78, 5) is 33.7. The summed E-state index contributed by atoms with van der Waals surface area (Å²) in [5.41, 5.74) is 3.80. The lowest BCUT2D eigenvalue weighted by Crippen LogP contribution is -2.12. The third kappa shape index (κ3) is 6.48. The van der Waals surface area contributed by atoms with E-state index in [1.807, 2.05) is 4.57 Å². The van der Waals surface area contributed by atoms with Crippen molar-refractivity contribution in [2.75, 3.05) is 27.4 Å². The van der Waals surface area contributed by atoms with Crippen molar-refractivity contribution in [2.24, 2.45) is 0 Å². The number of hydrogen-bond donors (Lipinski definition) is 0. The lowest BCUT2D eigenvalue weighted by molar-refractivity contribution is 0.0600. The third-order valence-electron chi connectivity index (χ3n) is 6.71. The first-order chi connectivity index (χ1) is 20.4. The maximum Gasteiger partial charge on any atom is 0.337 e. The monoisotopic (exact) mass is 587 g/mol. The molecule has 0 aliphatic heterocycles. The van der Waals surface area contributed by atoms with Crippen LogP contribution in [0, 0.1) is 5.82 Å². The van der Waals surface area contributed by atoms with E-state index in [0.29, 0.717) is 57.5 Å². The van der Waals surface area contributed by atoms with Crippen LogP contribution in [-0.4, -0.2) is 53.7 Å². The number of ketones is 1. The smallest absolute Gasteiger partial charge is 0.337 e. The molecule has 0 bridgehead atoms.